The molecular weight excluding hydrogens is 200 g/mol. The van der Waals surface area contributed by atoms with E-state index in [-0.39, 0.29) is 0 Å². The van der Waals surface area contributed by atoms with Gasteiger partial charge in [0.2, 0.25) is 0 Å². The predicted molar refractivity (Wildman–Crippen MR) is 66.5 cm³/mol. The molecule has 84 valence electrons. The molecule has 1 aromatic heterocycles. The first-order valence-corrected chi connectivity index (χ1v) is 5.34. The minimum Gasteiger partial charge on any atom is -0.464 e. The summed E-state index contributed by atoms with van der Waals surface area (Å²) in [7, 11) is 3.87. The average molecular weight is 216 g/mol. The molecule has 2 aromatic rings. The number of nitrogens with one attached hydrogen (secondary N) is 2. The summed E-state index contributed by atoms with van der Waals surface area (Å²) in [4.78, 5) is 0. The van der Waals surface area contributed by atoms with Gasteiger partial charge in [0.05, 0.1) is 6.26 Å². The molecule has 0 saturated carbocycles. The predicted octanol–water partition coefficient (Wildman–Crippen LogP) is 2.71. The summed E-state index contributed by atoms with van der Waals surface area (Å²) >= 11 is 0. The highest BCUT2D eigenvalue weighted by Crippen LogP contribution is 2.28. The van der Waals surface area contributed by atoms with Crippen LogP contribution in [0.1, 0.15) is 5.56 Å². The lowest BCUT2D eigenvalue weighted by Crippen LogP contribution is -2.05. The third-order valence-electron chi connectivity index (χ3n) is 2.52. The largest absolute Gasteiger partial charge is 0.464 e. The molecule has 1 aromatic carbocycles. The molecule has 0 aliphatic heterocycles. The second-order valence-electron chi connectivity index (χ2n) is 3.64. The summed E-state index contributed by atoms with van der Waals surface area (Å²) in [5.41, 5.74) is 3.43. The summed E-state index contributed by atoms with van der Waals surface area (Å²) in [5.74, 6) is 0.889. The molecule has 0 spiro atoms. The van der Waals surface area contributed by atoms with E-state index in [1.165, 1.54) is 5.56 Å². The lowest BCUT2D eigenvalue weighted by molar-refractivity contribution is 0.582. The number of furan rings is 1. The second kappa shape index (κ2) is 4.86. The van der Waals surface area contributed by atoms with Crippen molar-refractivity contribution in [2.24, 2.45) is 0 Å². The fourth-order valence-corrected chi connectivity index (χ4v) is 1.76. The maximum atomic E-state index is 5.41. The second-order valence-corrected chi connectivity index (χ2v) is 3.64. The molecule has 0 aliphatic rings. The summed E-state index contributed by atoms with van der Waals surface area (Å²) in [6.07, 6.45) is 1.69. The summed E-state index contributed by atoms with van der Waals surface area (Å²) < 4.78 is 5.41. The van der Waals surface area contributed by atoms with Crippen molar-refractivity contribution in [2.45, 2.75) is 6.54 Å². The van der Waals surface area contributed by atoms with Gasteiger partial charge in [-0.15, -0.1) is 0 Å². The minimum atomic E-state index is 0.868. The van der Waals surface area contributed by atoms with Crippen LogP contribution in [-0.4, -0.2) is 14.1 Å². The molecule has 0 unspecified atom stereocenters. The highest BCUT2D eigenvalue weighted by Gasteiger charge is 2.07. The number of benzene rings is 1. The molecule has 3 heteroatoms. The highest BCUT2D eigenvalue weighted by atomic mass is 16.3. The van der Waals surface area contributed by atoms with Gasteiger partial charge < -0.3 is 15.1 Å². The number of rotatable bonds is 4. The fraction of sp³-hybridized carbons (Fsp3) is 0.231. The molecule has 0 aliphatic carbocycles. The van der Waals surface area contributed by atoms with E-state index in [1.54, 1.807) is 6.26 Å². The zero-order valence-corrected chi connectivity index (χ0v) is 9.58. The van der Waals surface area contributed by atoms with E-state index in [1.807, 2.05) is 26.2 Å². The zero-order chi connectivity index (χ0) is 11.4. The maximum absolute atomic E-state index is 5.41. The van der Waals surface area contributed by atoms with E-state index in [9.17, 15) is 0 Å². The van der Waals surface area contributed by atoms with Gasteiger partial charge in [-0.1, -0.05) is 6.07 Å². The Bertz CT molecular complexity index is 449. The SMILES string of the molecule is CNCc1ccc(-c2ccco2)c(NC)c1. The Morgan fingerprint density at radius 2 is 2.06 bits per heavy atom. The van der Waals surface area contributed by atoms with Crippen molar-refractivity contribution in [3.63, 3.8) is 0 Å². The number of hydrogen-bond donors (Lipinski definition) is 2. The minimum absolute atomic E-state index is 0.868. The fourth-order valence-electron chi connectivity index (χ4n) is 1.76. The van der Waals surface area contributed by atoms with Gasteiger partial charge >= 0.3 is 0 Å². The van der Waals surface area contributed by atoms with Crippen molar-refractivity contribution >= 4 is 5.69 Å². The van der Waals surface area contributed by atoms with E-state index in [2.05, 4.69) is 28.8 Å². The van der Waals surface area contributed by atoms with Crippen LogP contribution < -0.4 is 10.6 Å². The normalized spacial score (nSPS) is 10.4. The molecule has 2 rings (SSSR count). The Hall–Kier alpha value is -1.74. The Labute approximate surface area is 95.5 Å². The summed E-state index contributed by atoms with van der Waals surface area (Å²) in [6, 6.07) is 10.2. The number of anilines is 1. The molecule has 0 bridgehead atoms. The smallest absolute Gasteiger partial charge is 0.135 e. The van der Waals surface area contributed by atoms with Gasteiger partial charge in [-0.25, -0.2) is 0 Å². The van der Waals surface area contributed by atoms with Gasteiger partial charge in [0.25, 0.3) is 0 Å². The van der Waals surface area contributed by atoms with Crippen LogP contribution in [0.2, 0.25) is 0 Å². The third kappa shape index (κ3) is 2.09. The molecule has 0 amide bonds. The Kier molecular flexibility index (Phi) is 3.27. The van der Waals surface area contributed by atoms with Crippen LogP contribution in [0.15, 0.2) is 41.0 Å². The molecule has 0 radical (unpaired) electrons. The molecular formula is C13H16N2O. The first kappa shape index (κ1) is 10.8. The van der Waals surface area contributed by atoms with Crippen LogP contribution in [-0.2, 0) is 6.54 Å². The van der Waals surface area contributed by atoms with E-state index in [0.717, 1.165) is 23.6 Å². The molecule has 2 N–H and O–H groups in total. The molecule has 3 nitrogen and oxygen atoms in total. The van der Waals surface area contributed by atoms with E-state index < -0.39 is 0 Å². The van der Waals surface area contributed by atoms with Gasteiger partial charge in [0.1, 0.15) is 5.76 Å². The van der Waals surface area contributed by atoms with Crippen molar-refractivity contribution in [1.82, 2.24) is 5.32 Å². The number of hydrogen-bond acceptors (Lipinski definition) is 3. The Morgan fingerprint density at radius 1 is 1.19 bits per heavy atom. The van der Waals surface area contributed by atoms with Crippen LogP contribution in [0.5, 0.6) is 0 Å². The molecule has 1 heterocycles. The Balaban J connectivity index is 2.39. The van der Waals surface area contributed by atoms with Crippen molar-refractivity contribution in [3.8, 4) is 11.3 Å². The van der Waals surface area contributed by atoms with Crippen molar-refractivity contribution in [3.05, 3.63) is 42.2 Å². The third-order valence-corrected chi connectivity index (χ3v) is 2.52. The van der Waals surface area contributed by atoms with E-state index in [4.69, 9.17) is 4.42 Å². The average Bonchev–Trinajstić information content (AvgIpc) is 2.83. The standard InChI is InChI=1S/C13H16N2O/c1-14-9-10-5-6-11(12(8-10)15-2)13-4-3-7-16-13/h3-8,14-15H,9H2,1-2H3. The first-order valence-electron chi connectivity index (χ1n) is 5.34. The van der Waals surface area contributed by atoms with Crippen molar-refractivity contribution in [1.29, 1.82) is 0 Å². The lowest BCUT2D eigenvalue weighted by atomic mass is 10.1. The van der Waals surface area contributed by atoms with E-state index >= 15 is 0 Å². The highest BCUT2D eigenvalue weighted by molar-refractivity contribution is 5.75. The van der Waals surface area contributed by atoms with Gasteiger partial charge in [0.15, 0.2) is 0 Å². The molecule has 16 heavy (non-hydrogen) atoms. The lowest BCUT2D eigenvalue weighted by Gasteiger charge is -2.09. The quantitative estimate of drug-likeness (QED) is 0.825. The zero-order valence-electron chi connectivity index (χ0n) is 9.58. The summed E-state index contributed by atoms with van der Waals surface area (Å²) in [6.45, 7) is 0.868. The topological polar surface area (TPSA) is 37.2 Å². The van der Waals surface area contributed by atoms with E-state index in [0.29, 0.717) is 0 Å². The Morgan fingerprint density at radius 3 is 2.69 bits per heavy atom. The van der Waals surface area contributed by atoms with Crippen molar-refractivity contribution < 1.29 is 4.42 Å². The summed E-state index contributed by atoms with van der Waals surface area (Å²) in [5, 5.41) is 6.33. The van der Waals surface area contributed by atoms with Crippen LogP contribution in [0, 0.1) is 0 Å². The van der Waals surface area contributed by atoms with Gasteiger partial charge in [-0.05, 0) is 36.9 Å². The van der Waals surface area contributed by atoms with Crippen LogP contribution in [0.25, 0.3) is 11.3 Å². The first-order chi connectivity index (χ1) is 7.85. The van der Waals surface area contributed by atoms with Gasteiger partial charge in [-0.2, -0.15) is 0 Å². The monoisotopic (exact) mass is 216 g/mol. The van der Waals surface area contributed by atoms with Crippen LogP contribution in [0.3, 0.4) is 0 Å². The maximum Gasteiger partial charge on any atom is 0.135 e. The molecule has 0 saturated heterocycles. The van der Waals surface area contributed by atoms with Crippen molar-refractivity contribution in [2.75, 3.05) is 19.4 Å². The van der Waals surface area contributed by atoms with Gasteiger partial charge in [-0.3, -0.25) is 0 Å². The molecule has 0 fully saturated rings. The molecule has 0 atom stereocenters. The van der Waals surface area contributed by atoms with Crippen LogP contribution >= 0.6 is 0 Å². The van der Waals surface area contributed by atoms with Crippen LogP contribution in [0.4, 0.5) is 5.69 Å². The van der Waals surface area contributed by atoms with Gasteiger partial charge in [0, 0.05) is 24.8 Å².